The molecule has 28 heavy (non-hydrogen) atoms. The Bertz CT molecular complexity index is 1150. The normalized spacial score (nSPS) is 11.7. The number of alkyl halides is 3. The summed E-state index contributed by atoms with van der Waals surface area (Å²) in [5, 5.41) is 6.01. The van der Waals surface area contributed by atoms with Crippen LogP contribution >= 0.6 is 11.6 Å². The van der Waals surface area contributed by atoms with Crippen molar-refractivity contribution in [2.75, 3.05) is 5.32 Å². The number of imidazole rings is 1. The Kier molecular flexibility index (Phi) is 4.27. The molecule has 3 aromatic heterocycles. The van der Waals surface area contributed by atoms with Crippen LogP contribution in [0.15, 0.2) is 48.7 Å². The molecule has 0 saturated carbocycles. The molecule has 0 fully saturated rings. The number of carbonyl (C=O) groups excluding carboxylic acids is 1. The summed E-state index contributed by atoms with van der Waals surface area (Å²) in [6, 6.07) is 11.1. The maximum Gasteiger partial charge on any atom is 0.434 e. The average molecular weight is 407 g/mol. The van der Waals surface area contributed by atoms with Gasteiger partial charge in [-0.25, -0.2) is 14.6 Å². The van der Waals surface area contributed by atoms with Crippen LogP contribution in [-0.4, -0.2) is 30.6 Å². The molecule has 11 heteroatoms. The van der Waals surface area contributed by atoms with Gasteiger partial charge >= 0.3 is 6.18 Å². The van der Waals surface area contributed by atoms with E-state index >= 15 is 0 Å². The number of amides is 1. The lowest BCUT2D eigenvalue weighted by Crippen LogP contribution is -2.21. The number of para-hydroxylation sites is 2. The smallest absolute Gasteiger partial charge is 0.324 e. The molecule has 1 aromatic carbocycles. The van der Waals surface area contributed by atoms with Crippen molar-refractivity contribution in [2.24, 2.45) is 0 Å². The first-order valence-electron chi connectivity index (χ1n) is 7.87. The molecule has 3 heterocycles. The lowest BCUT2D eigenvalue weighted by molar-refractivity contribution is -0.143. The van der Waals surface area contributed by atoms with Crippen molar-refractivity contribution in [1.29, 1.82) is 0 Å². The van der Waals surface area contributed by atoms with Crippen LogP contribution in [0.4, 0.5) is 19.1 Å². The fourth-order valence-electron chi connectivity index (χ4n) is 2.66. The summed E-state index contributed by atoms with van der Waals surface area (Å²) >= 11 is 5.75. The van der Waals surface area contributed by atoms with Crippen LogP contribution in [0.1, 0.15) is 16.1 Å². The minimum absolute atomic E-state index is 0.00518. The van der Waals surface area contributed by atoms with Crippen molar-refractivity contribution >= 4 is 34.5 Å². The van der Waals surface area contributed by atoms with Gasteiger partial charge in [-0.3, -0.25) is 10.1 Å². The van der Waals surface area contributed by atoms with Crippen molar-refractivity contribution < 1.29 is 18.0 Å². The third-order valence-electron chi connectivity index (χ3n) is 3.82. The van der Waals surface area contributed by atoms with Crippen LogP contribution in [0.25, 0.3) is 16.9 Å². The predicted octanol–water partition coefficient (Wildman–Crippen LogP) is 4.07. The first-order chi connectivity index (χ1) is 13.3. The molecule has 0 saturated heterocycles. The van der Waals surface area contributed by atoms with Gasteiger partial charge in [0.1, 0.15) is 5.15 Å². The van der Waals surface area contributed by atoms with Crippen molar-refractivity contribution in [1.82, 2.24) is 24.7 Å². The molecule has 0 atom stereocenters. The molecular formula is C17H10ClF3N6O. The molecule has 0 aliphatic heterocycles. The molecule has 4 aromatic rings. The molecule has 0 aliphatic carbocycles. The van der Waals surface area contributed by atoms with Gasteiger partial charge in [0, 0.05) is 0 Å². The molecular weight excluding hydrogens is 397 g/mol. The number of nitrogens with zero attached hydrogens (tertiary/aromatic N) is 4. The molecule has 0 aliphatic rings. The van der Waals surface area contributed by atoms with Crippen molar-refractivity contribution in [3.63, 3.8) is 0 Å². The molecule has 0 radical (unpaired) electrons. The zero-order chi connectivity index (χ0) is 19.9. The quantitative estimate of drug-likeness (QED) is 0.502. The van der Waals surface area contributed by atoms with Gasteiger partial charge in [-0.1, -0.05) is 29.8 Å². The minimum Gasteiger partial charge on any atom is -0.324 e. The van der Waals surface area contributed by atoms with Gasteiger partial charge in [-0.15, -0.1) is 0 Å². The number of H-pyrrole nitrogens is 1. The number of benzene rings is 1. The first-order valence-corrected chi connectivity index (χ1v) is 8.25. The Balaban J connectivity index is 1.73. The number of aromatic amines is 1. The Morgan fingerprint density at radius 3 is 2.61 bits per heavy atom. The standard InChI is InChI=1S/C17H10ClF3N6O/c18-12-6-3-7-13(25-12)27-14(17(19,20)21)9(8-22-27)15(28)26-16-23-10-4-1-2-5-11(10)24-16/h1-8H,(H2,23,24,26,28). The second-order valence-corrected chi connectivity index (χ2v) is 6.08. The van der Waals surface area contributed by atoms with Crippen LogP contribution in [0.2, 0.25) is 5.15 Å². The van der Waals surface area contributed by atoms with Crippen LogP contribution in [0, 0.1) is 0 Å². The maximum atomic E-state index is 13.7. The van der Waals surface area contributed by atoms with Gasteiger partial charge in [0.05, 0.1) is 22.8 Å². The third-order valence-corrected chi connectivity index (χ3v) is 4.03. The predicted molar refractivity (Wildman–Crippen MR) is 95.4 cm³/mol. The van der Waals surface area contributed by atoms with Gasteiger partial charge in [-0.05, 0) is 24.3 Å². The summed E-state index contributed by atoms with van der Waals surface area (Å²) in [4.78, 5) is 23.3. The molecule has 0 bridgehead atoms. The highest BCUT2D eigenvalue weighted by Gasteiger charge is 2.41. The number of rotatable bonds is 3. The van der Waals surface area contributed by atoms with Gasteiger partial charge in [0.2, 0.25) is 5.95 Å². The third kappa shape index (κ3) is 3.29. The zero-order valence-corrected chi connectivity index (χ0v) is 14.6. The van der Waals surface area contributed by atoms with Crippen LogP contribution in [0.3, 0.4) is 0 Å². The van der Waals surface area contributed by atoms with E-state index < -0.39 is 23.3 Å². The van der Waals surface area contributed by atoms with E-state index in [0.717, 1.165) is 6.20 Å². The summed E-state index contributed by atoms with van der Waals surface area (Å²) in [5.41, 5.74) is -0.744. The van der Waals surface area contributed by atoms with Gasteiger partial charge < -0.3 is 4.98 Å². The lowest BCUT2D eigenvalue weighted by Gasteiger charge is -2.12. The number of pyridine rings is 1. The fourth-order valence-corrected chi connectivity index (χ4v) is 2.82. The number of fused-ring (bicyclic) bond motifs is 1. The van der Waals surface area contributed by atoms with Crippen LogP contribution in [0.5, 0.6) is 0 Å². The number of hydrogen-bond acceptors (Lipinski definition) is 4. The second kappa shape index (κ2) is 6.64. The summed E-state index contributed by atoms with van der Waals surface area (Å²) in [6.07, 6.45) is -4.04. The summed E-state index contributed by atoms with van der Waals surface area (Å²) in [7, 11) is 0. The molecule has 0 unspecified atom stereocenters. The molecule has 0 spiro atoms. The van der Waals surface area contributed by atoms with E-state index in [1.54, 1.807) is 24.3 Å². The monoisotopic (exact) mass is 406 g/mol. The first kappa shape index (κ1) is 18.0. The molecule has 142 valence electrons. The molecule has 1 amide bonds. The molecule has 2 N–H and O–H groups in total. The second-order valence-electron chi connectivity index (χ2n) is 5.69. The highest BCUT2D eigenvalue weighted by Crippen LogP contribution is 2.33. The Morgan fingerprint density at radius 2 is 1.89 bits per heavy atom. The highest BCUT2D eigenvalue weighted by atomic mass is 35.5. The van der Waals surface area contributed by atoms with Crippen LogP contribution in [-0.2, 0) is 6.18 Å². The number of halogens is 4. The van der Waals surface area contributed by atoms with Crippen molar-refractivity contribution in [2.45, 2.75) is 6.18 Å². The number of anilines is 1. The summed E-state index contributed by atoms with van der Waals surface area (Å²) < 4.78 is 41.5. The van der Waals surface area contributed by atoms with E-state index in [1.807, 2.05) is 0 Å². The Morgan fingerprint density at radius 1 is 1.11 bits per heavy atom. The largest absolute Gasteiger partial charge is 0.434 e. The SMILES string of the molecule is O=C(Nc1nc2ccccc2[nH]1)c1cnn(-c2cccc(Cl)n2)c1C(F)(F)F. The summed E-state index contributed by atoms with van der Waals surface area (Å²) in [6.45, 7) is 0. The van der Waals surface area contributed by atoms with E-state index in [9.17, 15) is 18.0 Å². The fraction of sp³-hybridized carbons (Fsp3) is 0.0588. The van der Waals surface area contributed by atoms with E-state index in [1.165, 1.54) is 18.2 Å². The van der Waals surface area contributed by atoms with E-state index in [2.05, 4.69) is 25.4 Å². The topological polar surface area (TPSA) is 88.5 Å². The average Bonchev–Trinajstić information content (AvgIpc) is 3.25. The zero-order valence-electron chi connectivity index (χ0n) is 13.8. The molecule has 7 nitrogen and oxygen atoms in total. The molecule has 4 rings (SSSR count). The Labute approximate surface area is 160 Å². The maximum absolute atomic E-state index is 13.7. The van der Waals surface area contributed by atoms with Crippen molar-refractivity contribution in [3.8, 4) is 5.82 Å². The van der Waals surface area contributed by atoms with Crippen molar-refractivity contribution in [3.05, 3.63) is 65.1 Å². The minimum atomic E-state index is -4.86. The van der Waals surface area contributed by atoms with Crippen LogP contribution < -0.4 is 5.32 Å². The number of nitrogens with one attached hydrogen (secondary N) is 2. The van der Waals surface area contributed by atoms with E-state index in [0.29, 0.717) is 15.7 Å². The highest BCUT2D eigenvalue weighted by molar-refractivity contribution is 6.29. The van der Waals surface area contributed by atoms with E-state index in [-0.39, 0.29) is 16.9 Å². The van der Waals surface area contributed by atoms with E-state index in [4.69, 9.17) is 11.6 Å². The Hall–Kier alpha value is -3.40. The lowest BCUT2D eigenvalue weighted by atomic mass is 10.2. The van der Waals surface area contributed by atoms with Gasteiger partial charge in [0.25, 0.3) is 5.91 Å². The summed E-state index contributed by atoms with van der Waals surface area (Å²) in [5.74, 6) is -1.16. The number of carbonyl (C=O) groups is 1. The van der Waals surface area contributed by atoms with Gasteiger partial charge in [0.15, 0.2) is 11.5 Å². The van der Waals surface area contributed by atoms with Gasteiger partial charge in [-0.2, -0.15) is 18.3 Å². The number of aromatic nitrogens is 5. The number of hydrogen-bond donors (Lipinski definition) is 2.